The first-order chi connectivity index (χ1) is 8.67. The van der Waals surface area contributed by atoms with Crippen molar-refractivity contribution in [2.45, 2.75) is 13.0 Å². The molecule has 0 spiro atoms. The van der Waals surface area contributed by atoms with E-state index in [0.717, 1.165) is 0 Å². The van der Waals surface area contributed by atoms with Crippen molar-refractivity contribution in [2.75, 3.05) is 31.3 Å². The number of rotatable bonds is 3. The standard InChI is InChI=1S/C11H14ClN3O3/c1-7-13-10(12)9(5-17)11(14-7)15-2-3-18-6-8(15)4-16/h5,8,16H,2-4,6H2,1H3. The number of ether oxygens (including phenoxy) is 1. The van der Waals surface area contributed by atoms with Crippen molar-refractivity contribution < 1.29 is 14.6 Å². The average Bonchev–Trinajstić information content (AvgIpc) is 2.38. The van der Waals surface area contributed by atoms with E-state index in [9.17, 15) is 9.90 Å². The van der Waals surface area contributed by atoms with Crippen LogP contribution in [0.1, 0.15) is 16.2 Å². The average molecular weight is 272 g/mol. The number of halogens is 1. The van der Waals surface area contributed by atoms with Crippen LogP contribution in [0.2, 0.25) is 5.15 Å². The number of hydrogen-bond acceptors (Lipinski definition) is 6. The lowest BCUT2D eigenvalue weighted by Crippen LogP contribution is -2.48. The van der Waals surface area contributed by atoms with Gasteiger partial charge in [-0.15, -0.1) is 0 Å². The summed E-state index contributed by atoms with van der Waals surface area (Å²) >= 11 is 5.94. The van der Waals surface area contributed by atoms with Crippen LogP contribution in [0.5, 0.6) is 0 Å². The number of morpholine rings is 1. The molecule has 0 amide bonds. The minimum Gasteiger partial charge on any atom is -0.394 e. The number of carbonyl (C=O) groups is 1. The molecule has 98 valence electrons. The van der Waals surface area contributed by atoms with E-state index in [-0.39, 0.29) is 23.4 Å². The van der Waals surface area contributed by atoms with Crippen molar-refractivity contribution in [3.63, 3.8) is 0 Å². The Balaban J connectivity index is 2.44. The van der Waals surface area contributed by atoms with Gasteiger partial charge in [0, 0.05) is 6.54 Å². The van der Waals surface area contributed by atoms with E-state index in [1.165, 1.54) is 0 Å². The molecule has 1 fully saturated rings. The van der Waals surface area contributed by atoms with Crippen LogP contribution in [0, 0.1) is 6.92 Å². The van der Waals surface area contributed by atoms with Crippen molar-refractivity contribution in [1.82, 2.24) is 9.97 Å². The number of nitrogens with zero attached hydrogens (tertiary/aromatic N) is 3. The summed E-state index contributed by atoms with van der Waals surface area (Å²) in [6.45, 7) is 3.11. The molecule has 1 saturated heterocycles. The highest BCUT2D eigenvalue weighted by molar-refractivity contribution is 6.32. The van der Waals surface area contributed by atoms with Crippen molar-refractivity contribution >= 4 is 23.7 Å². The first kappa shape index (κ1) is 13.2. The highest BCUT2D eigenvalue weighted by Gasteiger charge is 2.27. The third kappa shape index (κ3) is 2.45. The lowest BCUT2D eigenvalue weighted by molar-refractivity contribution is 0.0721. The van der Waals surface area contributed by atoms with Gasteiger partial charge in [0.1, 0.15) is 16.8 Å². The predicted octanol–water partition coefficient (Wildman–Crippen LogP) is 0.448. The van der Waals surface area contributed by atoms with Crippen molar-refractivity contribution in [3.05, 3.63) is 16.5 Å². The monoisotopic (exact) mass is 271 g/mol. The second-order valence-electron chi connectivity index (χ2n) is 4.02. The molecule has 2 rings (SSSR count). The predicted molar refractivity (Wildman–Crippen MR) is 66.2 cm³/mol. The van der Waals surface area contributed by atoms with Gasteiger partial charge in [-0.3, -0.25) is 4.79 Å². The van der Waals surface area contributed by atoms with Crippen LogP contribution in [0.3, 0.4) is 0 Å². The largest absolute Gasteiger partial charge is 0.394 e. The Morgan fingerprint density at radius 1 is 1.61 bits per heavy atom. The number of aliphatic hydroxyl groups excluding tert-OH is 1. The molecule has 1 N–H and O–H groups in total. The fourth-order valence-corrected chi connectivity index (χ4v) is 2.19. The van der Waals surface area contributed by atoms with Crippen molar-refractivity contribution in [2.24, 2.45) is 0 Å². The van der Waals surface area contributed by atoms with Crippen LogP contribution in [0.25, 0.3) is 0 Å². The van der Waals surface area contributed by atoms with Crippen molar-refractivity contribution in [1.29, 1.82) is 0 Å². The molecule has 0 aromatic carbocycles. The third-order valence-electron chi connectivity index (χ3n) is 2.82. The number of carbonyl (C=O) groups excluding carboxylic acids is 1. The van der Waals surface area contributed by atoms with Crippen LogP contribution in [-0.4, -0.2) is 53.8 Å². The van der Waals surface area contributed by atoms with E-state index < -0.39 is 0 Å². The summed E-state index contributed by atoms with van der Waals surface area (Å²) < 4.78 is 5.29. The molecule has 7 heteroatoms. The number of hydrogen-bond donors (Lipinski definition) is 1. The first-order valence-corrected chi connectivity index (χ1v) is 5.99. The smallest absolute Gasteiger partial charge is 0.156 e. The molecule has 1 aliphatic rings. The van der Waals surface area contributed by atoms with Gasteiger partial charge in [0.2, 0.25) is 0 Å². The van der Waals surface area contributed by atoms with Gasteiger partial charge in [-0.1, -0.05) is 11.6 Å². The van der Waals surface area contributed by atoms with Gasteiger partial charge < -0.3 is 14.7 Å². The molecule has 0 bridgehead atoms. The molecule has 0 radical (unpaired) electrons. The number of anilines is 1. The second kappa shape index (κ2) is 5.60. The molecule has 1 aromatic rings. The molecule has 18 heavy (non-hydrogen) atoms. The topological polar surface area (TPSA) is 75.6 Å². The number of aliphatic hydroxyl groups is 1. The van der Waals surface area contributed by atoms with Crippen LogP contribution < -0.4 is 4.90 Å². The summed E-state index contributed by atoms with van der Waals surface area (Å²) in [7, 11) is 0. The van der Waals surface area contributed by atoms with Gasteiger partial charge >= 0.3 is 0 Å². The summed E-state index contributed by atoms with van der Waals surface area (Å²) in [5.41, 5.74) is 0.252. The Kier molecular flexibility index (Phi) is 4.11. The van der Waals surface area contributed by atoms with E-state index in [4.69, 9.17) is 16.3 Å². The molecule has 1 aliphatic heterocycles. The SMILES string of the molecule is Cc1nc(Cl)c(C=O)c(N2CCOCC2CO)n1. The molecule has 6 nitrogen and oxygen atoms in total. The minimum absolute atomic E-state index is 0.0705. The van der Waals surface area contributed by atoms with E-state index in [1.54, 1.807) is 6.92 Å². The van der Waals surface area contributed by atoms with Gasteiger partial charge in [0.05, 0.1) is 31.4 Å². The van der Waals surface area contributed by atoms with Gasteiger partial charge in [0.15, 0.2) is 6.29 Å². The zero-order valence-electron chi connectivity index (χ0n) is 9.97. The normalized spacial score (nSPS) is 19.9. The summed E-state index contributed by atoms with van der Waals surface area (Å²) in [6, 6.07) is -0.220. The van der Waals surface area contributed by atoms with E-state index in [0.29, 0.717) is 37.7 Å². The highest BCUT2D eigenvalue weighted by atomic mass is 35.5. The van der Waals surface area contributed by atoms with Gasteiger partial charge in [-0.25, -0.2) is 9.97 Å². The molecule has 0 saturated carbocycles. The fraction of sp³-hybridized carbons (Fsp3) is 0.545. The maximum absolute atomic E-state index is 11.1. The summed E-state index contributed by atoms with van der Waals surface area (Å²) in [5.74, 6) is 0.952. The number of aryl methyl sites for hydroxylation is 1. The first-order valence-electron chi connectivity index (χ1n) is 5.62. The second-order valence-corrected chi connectivity index (χ2v) is 4.38. The fourth-order valence-electron chi connectivity index (χ4n) is 1.94. The molecule has 0 aliphatic carbocycles. The van der Waals surface area contributed by atoms with Crippen molar-refractivity contribution in [3.8, 4) is 0 Å². The van der Waals surface area contributed by atoms with Crippen LogP contribution in [0.4, 0.5) is 5.82 Å². The lowest BCUT2D eigenvalue weighted by atomic mass is 10.2. The minimum atomic E-state index is -0.220. The molecular weight excluding hydrogens is 258 g/mol. The van der Waals surface area contributed by atoms with Gasteiger partial charge in [-0.05, 0) is 6.92 Å². The zero-order valence-corrected chi connectivity index (χ0v) is 10.7. The molecule has 1 atom stereocenters. The van der Waals surface area contributed by atoms with E-state index in [2.05, 4.69) is 9.97 Å². The Morgan fingerprint density at radius 3 is 3.06 bits per heavy atom. The summed E-state index contributed by atoms with van der Waals surface area (Å²) in [4.78, 5) is 21.2. The number of aromatic nitrogens is 2. The van der Waals surface area contributed by atoms with Crippen LogP contribution in [0.15, 0.2) is 0 Å². The molecule has 1 aromatic heterocycles. The molecular formula is C11H14ClN3O3. The van der Waals surface area contributed by atoms with E-state index in [1.807, 2.05) is 4.90 Å². The summed E-state index contributed by atoms with van der Waals surface area (Å²) in [6.07, 6.45) is 0.640. The highest BCUT2D eigenvalue weighted by Crippen LogP contribution is 2.25. The third-order valence-corrected chi connectivity index (χ3v) is 3.11. The Hall–Kier alpha value is -1.24. The molecule has 2 heterocycles. The van der Waals surface area contributed by atoms with Crippen LogP contribution >= 0.6 is 11.6 Å². The lowest BCUT2D eigenvalue weighted by Gasteiger charge is -2.36. The van der Waals surface area contributed by atoms with Gasteiger partial charge in [-0.2, -0.15) is 0 Å². The van der Waals surface area contributed by atoms with Gasteiger partial charge in [0.25, 0.3) is 0 Å². The maximum Gasteiger partial charge on any atom is 0.156 e. The molecule has 1 unspecified atom stereocenters. The number of aldehydes is 1. The van der Waals surface area contributed by atoms with E-state index >= 15 is 0 Å². The quantitative estimate of drug-likeness (QED) is 0.635. The zero-order chi connectivity index (χ0) is 13.1. The van der Waals surface area contributed by atoms with Crippen LogP contribution in [-0.2, 0) is 4.74 Å². The summed E-state index contributed by atoms with van der Waals surface area (Å²) in [5, 5.41) is 9.47. The Labute approximate surface area is 110 Å². The Bertz CT molecular complexity index is 455. The Morgan fingerprint density at radius 2 is 2.39 bits per heavy atom. The maximum atomic E-state index is 11.1.